The highest BCUT2D eigenvalue weighted by atomic mass is 32.1. The first-order valence-corrected chi connectivity index (χ1v) is 9.41. The van der Waals surface area contributed by atoms with Crippen LogP contribution >= 0.6 is 11.3 Å². The Kier molecular flexibility index (Phi) is 5.69. The van der Waals surface area contributed by atoms with Gasteiger partial charge in [-0.1, -0.05) is 6.07 Å². The Balaban J connectivity index is 1.48. The number of aryl methyl sites for hydroxylation is 3. The molecule has 3 rings (SSSR count). The summed E-state index contributed by atoms with van der Waals surface area (Å²) in [5.74, 6) is -1.65. The standard InChI is InChI=1S/C18H18N4O5S/c1-10-5-6-12(7-13(10)22(26)27)17(24)19-9-16(23)20-21-18(25)15-8-11-3-2-4-14(11)28-15/h5-8H,2-4,9H2,1H3,(H,19,24)(H,20,23)(H,21,25). The summed E-state index contributed by atoms with van der Waals surface area (Å²) in [6.45, 7) is 1.18. The fourth-order valence-corrected chi connectivity index (χ4v) is 4.03. The largest absolute Gasteiger partial charge is 0.343 e. The number of hydrogen-bond donors (Lipinski definition) is 3. The van der Waals surface area contributed by atoms with Crippen molar-refractivity contribution >= 4 is 34.7 Å². The van der Waals surface area contributed by atoms with E-state index in [4.69, 9.17) is 0 Å². The Morgan fingerprint density at radius 3 is 2.64 bits per heavy atom. The number of benzene rings is 1. The molecule has 1 heterocycles. The van der Waals surface area contributed by atoms with Crippen LogP contribution in [0.25, 0.3) is 0 Å². The van der Waals surface area contributed by atoms with E-state index in [1.807, 2.05) is 6.07 Å². The number of nitrogens with zero attached hydrogens (tertiary/aromatic N) is 1. The van der Waals surface area contributed by atoms with Crippen molar-refractivity contribution in [3.63, 3.8) is 0 Å². The molecule has 0 atom stereocenters. The smallest absolute Gasteiger partial charge is 0.279 e. The topological polar surface area (TPSA) is 130 Å². The number of fused-ring (bicyclic) bond motifs is 1. The second-order valence-corrected chi connectivity index (χ2v) is 7.49. The van der Waals surface area contributed by atoms with Gasteiger partial charge in [-0.3, -0.25) is 35.3 Å². The van der Waals surface area contributed by atoms with Gasteiger partial charge in [-0.25, -0.2) is 0 Å². The minimum absolute atomic E-state index is 0.0715. The van der Waals surface area contributed by atoms with Crippen LogP contribution in [0.3, 0.4) is 0 Å². The lowest BCUT2D eigenvalue weighted by atomic mass is 10.1. The second-order valence-electron chi connectivity index (χ2n) is 6.36. The molecule has 1 aliphatic rings. The molecule has 1 aliphatic carbocycles. The number of thiophene rings is 1. The van der Waals surface area contributed by atoms with E-state index in [0.29, 0.717) is 10.4 Å². The lowest BCUT2D eigenvalue weighted by molar-refractivity contribution is -0.385. The number of amides is 3. The zero-order valence-corrected chi connectivity index (χ0v) is 15.9. The van der Waals surface area contributed by atoms with Gasteiger partial charge in [0.15, 0.2) is 0 Å². The maximum absolute atomic E-state index is 12.1. The first-order valence-electron chi connectivity index (χ1n) is 8.59. The Hall–Kier alpha value is -3.27. The number of carbonyl (C=O) groups is 3. The Labute approximate surface area is 164 Å². The number of hydrazine groups is 1. The van der Waals surface area contributed by atoms with Gasteiger partial charge in [0, 0.05) is 22.1 Å². The van der Waals surface area contributed by atoms with Crippen LogP contribution in [0.15, 0.2) is 24.3 Å². The molecule has 9 nitrogen and oxygen atoms in total. The monoisotopic (exact) mass is 402 g/mol. The molecule has 1 aromatic carbocycles. The van der Waals surface area contributed by atoms with Crippen LogP contribution in [0, 0.1) is 17.0 Å². The molecule has 0 radical (unpaired) electrons. The summed E-state index contributed by atoms with van der Waals surface area (Å²) in [4.78, 5) is 48.1. The second kappa shape index (κ2) is 8.17. The fraction of sp³-hybridized carbons (Fsp3) is 0.278. The highest BCUT2D eigenvalue weighted by Crippen LogP contribution is 2.30. The van der Waals surface area contributed by atoms with E-state index >= 15 is 0 Å². The molecular formula is C18H18N4O5S. The molecule has 3 N–H and O–H groups in total. The van der Waals surface area contributed by atoms with Crippen molar-refractivity contribution in [2.24, 2.45) is 0 Å². The van der Waals surface area contributed by atoms with Crippen LogP contribution in [0.1, 0.15) is 42.5 Å². The first kappa shape index (κ1) is 19.5. The van der Waals surface area contributed by atoms with Crippen LogP contribution in [-0.2, 0) is 17.6 Å². The molecule has 0 saturated carbocycles. The molecule has 10 heteroatoms. The summed E-state index contributed by atoms with van der Waals surface area (Å²) >= 11 is 1.41. The van der Waals surface area contributed by atoms with E-state index < -0.39 is 22.6 Å². The third-order valence-electron chi connectivity index (χ3n) is 4.36. The average molecular weight is 402 g/mol. The van der Waals surface area contributed by atoms with Gasteiger partial charge >= 0.3 is 0 Å². The molecule has 0 bridgehead atoms. The summed E-state index contributed by atoms with van der Waals surface area (Å²) in [5.41, 5.74) is 6.06. The summed E-state index contributed by atoms with van der Waals surface area (Å²) in [5, 5.41) is 13.3. The maximum Gasteiger partial charge on any atom is 0.279 e. The molecular weight excluding hydrogens is 384 g/mol. The van der Waals surface area contributed by atoms with Crippen molar-refractivity contribution < 1.29 is 19.3 Å². The van der Waals surface area contributed by atoms with E-state index in [1.54, 1.807) is 6.92 Å². The van der Waals surface area contributed by atoms with Crippen molar-refractivity contribution in [3.8, 4) is 0 Å². The summed E-state index contributed by atoms with van der Waals surface area (Å²) in [6.07, 6.45) is 3.04. The highest BCUT2D eigenvalue weighted by Gasteiger charge is 2.19. The SMILES string of the molecule is Cc1ccc(C(=O)NCC(=O)NNC(=O)c2cc3c(s2)CCC3)cc1[N+](=O)[O-]. The molecule has 1 aromatic heterocycles. The van der Waals surface area contributed by atoms with Crippen LogP contribution < -0.4 is 16.2 Å². The normalized spacial score (nSPS) is 12.2. The summed E-state index contributed by atoms with van der Waals surface area (Å²) in [7, 11) is 0. The third-order valence-corrected chi connectivity index (χ3v) is 5.60. The van der Waals surface area contributed by atoms with Crippen LogP contribution in [0.2, 0.25) is 0 Å². The van der Waals surface area contributed by atoms with Crippen LogP contribution in [-0.4, -0.2) is 29.2 Å². The van der Waals surface area contributed by atoms with Gasteiger partial charge in [0.05, 0.1) is 16.3 Å². The number of nitro benzene ring substituents is 1. The first-order chi connectivity index (χ1) is 13.3. The van der Waals surface area contributed by atoms with E-state index in [0.717, 1.165) is 25.3 Å². The quantitative estimate of drug-likeness (QED) is 0.517. The fourth-order valence-electron chi connectivity index (χ4n) is 2.88. The minimum atomic E-state index is -0.626. The Morgan fingerprint density at radius 1 is 1.14 bits per heavy atom. The maximum atomic E-state index is 12.1. The number of carbonyl (C=O) groups excluding carboxylic acids is 3. The van der Waals surface area contributed by atoms with Crippen molar-refractivity contribution in [3.05, 3.63) is 60.8 Å². The van der Waals surface area contributed by atoms with Gasteiger partial charge < -0.3 is 5.32 Å². The molecule has 28 heavy (non-hydrogen) atoms. The van der Waals surface area contributed by atoms with Crippen molar-refractivity contribution in [1.82, 2.24) is 16.2 Å². The summed E-state index contributed by atoms with van der Waals surface area (Å²) < 4.78 is 0. The molecule has 0 spiro atoms. The van der Waals surface area contributed by atoms with Crippen molar-refractivity contribution in [2.45, 2.75) is 26.2 Å². The zero-order chi connectivity index (χ0) is 20.3. The van der Waals surface area contributed by atoms with Crippen molar-refractivity contribution in [2.75, 3.05) is 6.54 Å². The molecule has 2 aromatic rings. The Bertz CT molecular complexity index is 947. The van der Waals surface area contributed by atoms with Gasteiger partial charge in [-0.15, -0.1) is 11.3 Å². The number of hydrogen-bond acceptors (Lipinski definition) is 6. The van der Waals surface area contributed by atoms with Gasteiger partial charge in [-0.2, -0.15) is 0 Å². The number of nitro groups is 1. The van der Waals surface area contributed by atoms with E-state index in [9.17, 15) is 24.5 Å². The lowest BCUT2D eigenvalue weighted by Crippen LogP contribution is -2.46. The van der Waals surface area contributed by atoms with Gasteiger partial charge in [0.25, 0.3) is 23.4 Å². The minimum Gasteiger partial charge on any atom is -0.343 e. The highest BCUT2D eigenvalue weighted by molar-refractivity contribution is 7.14. The Morgan fingerprint density at radius 2 is 1.93 bits per heavy atom. The van der Waals surface area contributed by atoms with E-state index in [1.165, 1.54) is 33.9 Å². The third kappa shape index (κ3) is 4.34. The number of rotatable bonds is 5. The van der Waals surface area contributed by atoms with E-state index in [-0.39, 0.29) is 17.8 Å². The zero-order valence-electron chi connectivity index (χ0n) is 15.0. The van der Waals surface area contributed by atoms with Gasteiger partial charge in [0.2, 0.25) is 0 Å². The molecule has 0 aliphatic heterocycles. The van der Waals surface area contributed by atoms with Crippen molar-refractivity contribution in [1.29, 1.82) is 0 Å². The molecule has 3 amide bonds. The van der Waals surface area contributed by atoms with Gasteiger partial charge in [-0.05, 0) is 43.9 Å². The predicted octanol–water partition coefficient (Wildman–Crippen LogP) is 1.64. The van der Waals surface area contributed by atoms with Crippen LogP contribution in [0.5, 0.6) is 0 Å². The molecule has 0 unspecified atom stereocenters. The average Bonchev–Trinajstić information content (AvgIpc) is 3.26. The lowest BCUT2D eigenvalue weighted by Gasteiger charge is -2.08. The summed E-state index contributed by atoms with van der Waals surface area (Å²) in [6, 6.07) is 5.89. The number of nitrogens with one attached hydrogen (secondary N) is 3. The van der Waals surface area contributed by atoms with E-state index in [2.05, 4.69) is 16.2 Å². The molecule has 0 fully saturated rings. The molecule has 0 saturated heterocycles. The predicted molar refractivity (Wildman–Crippen MR) is 102 cm³/mol. The van der Waals surface area contributed by atoms with Gasteiger partial charge in [0.1, 0.15) is 0 Å². The van der Waals surface area contributed by atoms with Crippen LogP contribution in [0.4, 0.5) is 5.69 Å². The molecule has 146 valence electrons.